The lowest BCUT2D eigenvalue weighted by Crippen LogP contribution is -2.51. The van der Waals surface area contributed by atoms with E-state index in [-0.39, 0.29) is 54.7 Å². The van der Waals surface area contributed by atoms with Gasteiger partial charge in [-0.05, 0) is 52.1 Å². The highest BCUT2D eigenvalue weighted by Gasteiger charge is 2.38. The van der Waals surface area contributed by atoms with E-state index in [1.165, 1.54) is 30.1 Å². The number of hydrogen-bond acceptors (Lipinski definition) is 5. The first-order valence-corrected chi connectivity index (χ1v) is 13.0. The summed E-state index contributed by atoms with van der Waals surface area (Å²) in [7, 11) is 1.91. The molecule has 2 heterocycles. The van der Waals surface area contributed by atoms with Gasteiger partial charge in [0.2, 0.25) is 0 Å². The van der Waals surface area contributed by atoms with E-state index >= 15 is 0 Å². The summed E-state index contributed by atoms with van der Waals surface area (Å²) in [6.45, 7) is 3.25. The molecule has 0 N–H and O–H groups in total. The zero-order valence-electron chi connectivity index (χ0n) is 23.6. The van der Waals surface area contributed by atoms with Gasteiger partial charge in [0, 0.05) is 37.8 Å². The van der Waals surface area contributed by atoms with Gasteiger partial charge in [-0.25, -0.2) is 13.2 Å². The molecule has 6 nitrogen and oxygen atoms in total. The first-order valence-electron chi connectivity index (χ1n) is 13.0. The number of hydrogen-bond donors (Lipinski definition) is 0. The molecule has 3 aromatic rings. The van der Waals surface area contributed by atoms with Crippen molar-refractivity contribution >= 4 is 5.95 Å². The molecule has 1 unspecified atom stereocenters. The number of likely N-dealkylation sites (tertiary alicyclic amines) is 1. The van der Waals surface area contributed by atoms with Gasteiger partial charge < -0.3 is 4.90 Å². The molecule has 16 heteroatoms. The van der Waals surface area contributed by atoms with E-state index in [0.717, 1.165) is 4.80 Å². The SMILES string of the molecule is CC(C)C(c1ccc(C(F)F)cc1CN(Cc1cc(C(F)(F)F)cc(C(F)(F)F)c1)c1nnn(C)n1)N1CC(F)C1.CF. The number of halogens is 10. The fraction of sp³-hybridized carbons (Fsp3) is 0.519. The second-order valence-electron chi connectivity index (χ2n) is 10.3. The number of rotatable bonds is 9. The Kier molecular flexibility index (Phi) is 10.7. The van der Waals surface area contributed by atoms with Crippen molar-refractivity contribution in [1.29, 1.82) is 0 Å². The van der Waals surface area contributed by atoms with Crippen molar-refractivity contribution in [2.75, 3.05) is 25.2 Å². The Morgan fingerprint density at radius 1 is 0.907 bits per heavy atom. The van der Waals surface area contributed by atoms with Crippen LogP contribution in [0.4, 0.5) is 49.9 Å². The molecular weight excluding hydrogens is 598 g/mol. The molecule has 238 valence electrons. The van der Waals surface area contributed by atoms with Crippen molar-refractivity contribution in [2.45, 2.75) is 57.9 Å². The van der Waals surface area contributed by atoms with Crippen LogP contribution in [-0.2, 0) is 32.5 Å². The van der Waals surface area contributed by atoms with Crippen molar-refractivity contribution in [3.8, 4) is 0 Å². The van der Waals surface area contributed by atoms with Crippen LogP contribution in [0, 0.1) is 5.92 Å². The van der Waals surface area contributed by atoms with Crippen LogP contribution in [0.25, 0.3) is 0 Å². The summed E-state index contributed by atoms with van der Waals surface area (Å²) in [5.41, 5.74) is -2.77. The van der Waals surface area contributed by atoms with Crippen molar-refractivity contribution < 1.29 is 43.9 Å². The fourth-order valence-electron chi connectivity index (χ4n) is 4.98. The highest BCUT2D eigenvalue weighted by Crippen LogP contribution is 2.39. The highest BCUT2D eigenvalue weighted by atomic mass is 19.4. The van der Waals surface area contributed by atoms with Crippen molar-refractivity contribution in [3.63, 3.8) is 0 Å². The predicted octanol–water partition coefficient (Wildman–Crippen LogP) is 7.33. The third kappa shape index (κ3) is 8.36. The molecule has 1 aromatic heterocycles. The molecule has 0 amide bonds. The lowest BCUT2D eigenvalue weighted by molar-refractivity contribution is -0.143. The monoisotopic (exact) mass is 628 g/mol. The number of benzene rings is 2. The van der Waals surface area contributed by atoms with Gasteiger partial charge in [0.25, 0.3) is 12.4 Å². The Morgan fingerprint density at radius 2 is 1.49 bits per heavy atom. The minimum atomic E-state index is -5.06. The van der Waals surface area contributed by atoms with E-state index in [4.69, 9.17) is 0 Å². The predicted molar refractivity (Wildman–Crippen MR) is 138 cm³/mol. The van der Waals surface area contributed by atoms with Crippen LogP contribution in [0.2, 0.25) is 0 Å². The van der Waals surface area contributed by atoms with Crippen LogP contribution in [0.3, 0.4) is 0 Å². The summed E-state index contributed by atoms with van der Waals surface area (Å²) in [5, 5.41) is 11.6. The number of aryl methyl sites for hydroxylation is 1. The molecule has 1 fully saturated rings. The van der Waals surface area contributed by atoms with Crippen molar-refractivity contribution in [1.82, 2.24) is 25.1 Å². The van der Waals surface area contributed by atoms with Gasteiger partial charge >= 0.3 is 12.4 Å². The maximum Gasteiger partial charge on any atom is 0.416 e. The zero-order valence-corrected chi connectivity index (χ0v) is 23.6. The third-order valence-corrected chi connectivity index (χ3v) is 6.79. The standard InChI is InChI=1S/C26H27F9N6.CH3F/c1-14(2)22(40-12-20(27)13-40)21-5-4-16(23(28)29)8-17(21)11-41(24-36-38-39(3)37-24)10-15-6-18(25(30,31)32)9-19(7-15)26(33,34)35;1-2/h4-9,14,20,22-23H,10-13H2,1-3H3;1H3. The number of nitrogens with zero attached hydrogens (tertiary/aromatic N) is 6. The normalized spacial score (nSPS) is 15.3. The van der Waals surface area contributed by atoms with Crippen LogP contribution in [0.15, 0.2) is 36.4 Å². The molecule has 0 bridgehead atoms. The maximum atomic E-state index is 13.8. The van der Waals surface area contributed by atoms with Gasteiger partial charge in [-0.1, -0.05) is 31.1 Å². The van der Waals surface area contributed by atoms with Crippen LogP contribution in [0.5, 0.6) is 0 Å². The minimum Gasteiger partial charge on any atom is -0.330 e. The molecule has 0 saturated carbocycles. The maximum absolute atomic E-state index is 13.8. The average molecular weight is 629 g/mol. The summed E-state index contributed by atoms with van der Waals surface area (Å²) in [6, 6.07) is 4.81. The number of aromatic nitrogens is 4. The Balaban J connectivity index is 0.00000248. The van der Waals surface area contributed by atoms with E-state index in [1.54, 1.807) is 0 Å². The van der Waals surface area contributed by atoms with Gasteiger partial charge in [0.05, 0.1) is 25.4 Å². The molecule has 0 aliphatic carbocycles. The first kappa shape index (κ1) is 34.1. The number of tetrazole rings is 1. The molecule has 1 aliphatic rings. The number of alkyl halides is 10. The second kappa shape index (κ2) is 13.5. The third-order valence-electron chi connectivity index (χ3n) is 6.79. The van der Waals surface area contributed by atoms with E-state index in [9.17, 15) is 43.9 Å². The van der Waals surface area contributed by atoms with E-state index in [0.29, 0.717) is 30.4 Å². The summed E-state index contributed by atoms with van der Waals surface area (Å²) >= 11 is 0. The summed E-state index contributed by atoms with van der Waals surface area (Å²) in [4.78, 5) is 4.16. The van der Waals surface area contributed by atoms with Gasteiger partial charge in [0.1, 0.15) is 6.17 Å². The Hall–Kier alpha value is -3.43. The molecule has 0 spiro atoms. The van der Waals surface area contributed by atoms with Gasteiger partial charge in [0.15, 0.2) is 0 Å². The van der Waals surface area contributed by atoms with E-state index < -0.39 is 42.6 Å². The Bertz CT molecular complexity index is 1320. The largest absolute Gasteiger partial charge is 0.416 e. The Labute approximate surface area is 241 Å². The molecule has 2 aromatic carbocycles. The lowest BCUT2D eigenvalue weighted by Gasteiger charge is -2.43. The molecule has 1 saturated heterocycles. The van der Waals surface area contributed by atoms with Crippen LogP contribution < -0.4 is 4.90 Å². The molecule has 0 radical (unpaired) electrons. The van der Waals surface area contributed by atoms with Gasteiger partial charge in [-0.2, -0.15) is 31.1 Å². The molecule has 1 atom stereocenters. The molecule has 43 heavy (non-hydrogen) atoms. The Morgan fingerprint density at radius 3 is 1.93 bits per heavy atom. The fourth-order valence-corrected chi connectivity index (χ4v) is 4.98. The minimum absolute atomic E-state index is 0.0249. The summed E-state index contributed by atoms with van der Waals surface area (Å²) in [6.07, 6.45) is -14.0. The van der Waals surface area contributed by atoms with Crippen LogP contribution in [-0.4, -0.2) is 51.5 Å². The van der Waals surface area contributed by atoms with Gasteiger partial charge in [-0.3, -0.25) is 9.29 Å². The van der Waals surface area contributed by atoms with Crippen LogP contribution in [0.1, 0.15) is 59.7 Å². The topological polar surface area (TPSA) is 50.1 Å². The highest BCUT2D eigenvalue weighted by molar-refractivity contribution is 5.42. The van der Waals surface area contributed by atoms with Crippen LogP contribution >= 0.6 is 0 Å². The first-order chi connectivity index (χ1) is 20.0. The van der Waals surface area contributed by atoms with Crippen molar-refractivity contribution in [3.05, 3.63) is 69.8 Å². The van der Waals surface area contributed by atoms with E-state index in [1.807, 2.05) is 18.7 Å². The van der Waals surface area contributed by atoms with Gasteiger partial charge in [-0.15, -0.1) is 5.10 Å². The smallest absolute Gasteiger partial charge is 0.330 e. The summed E-state index contributed by atoms with van der Waals surface area (Å²) < 4.78 is 132. The molecule has 4 rings (SSSR count). The lowest BCUT2D eigenvalue weighted by atomic mass is 9.87. The summed E-state index contributed by atoms with van der Waals surface area (Å²) in [5.74, 6) is -0.222. The quantitative estimate of drug-likeness (QED) is 0.233. The second-order valence-corrected chi connectivity index (χ2v) is 10.3. The molecule has 1 aliphatic heterocycles. The zero-order chi connectivity index (χ0) is 32.3. The van der Waals surface area contributed by atoms with E-state index in [2.05, 4.69) is 15.4 Å². The van der Waals surface area contributed by atoms with Crippen molar-refractivity contribution in [2.24, 2.45) is 13.0 Å². The molecular formula is C27H30F10N6. The number of anilines is 1. The average Bonchev–Trinajstić information content (AvgIpc) is 3.34.